The molecule has 5 fully saturated rings. The number of rotatable bonds is 6. The standard InChI is InChI=1S/C6H6N12O12/c19-13(20)7-1-2-9(15(23)24)5-3(7)11(17(27)28)4(8(1)14(21)22)6(10(2)16(25)26)12(5)18(29)30/h1-6H. The van der Waals surface area contributed by atoms with E-state index in [4.69, 9.17) is 0 Å². The molecule has 5 heterocycles. The van der Waals surface area contributed by atoms with Crippen molar-refractivity contribution in [2.45, 2.75) is 37.0 Å². The van der Waals surface area contributed by atoms with Crippen LogP contribution in [0.25, 0.3) is 0 Å². The predicted molar refractivity (Wildman–Crippen MR) is 75.7 cm³/mol. The van der Waals surface area contributed by atoms with Crippen LogP contribution in [0.2, 0.25) is 0 Å². The Morgan fingerprint density at radius 3 is 0.500 bits per heavy atom. The molecule has 0 aromatic heterocycles. The van der Waals surface area contributed by atoms with E-state index in [2.05, 4.69) is 0 Å². The maximum Gasteiger partial charge on any atom is 0.272 e. The molecule has 5 saturated heterocycles. The minimum Gasteiger partial charge on any atom is -0.235 e. The molecule has 0 aromatic carbocycles. The second-order valence-corrected chi connectivity index (χ2v) is 6.19. The molecular weight excluding hydrogens is 432 g/mol. The highest BCUT2D eigenvalue weighted by Gasteiger charge is 2.89. The van der Waals surface area contributed by atoms with Gasteiger partial charge in [0.05, 0.1) is 0 Å². The van der Waals surface area contributed by atoms with Crippen molar-refractivity contribution < 1.29 is 30.2 Å². The highest BCUT2D eigenvalue weighted by atomic mass is 16.7. The SMILES string of the molecule is O=[N+]([O-])N1C2C3N([N+](=O)[O-])C4C1N([N+](=O)[O-])C(C(N3[N+](=O)[O-])N4[N+](=O)[O-])N2[N+](=O)[O-]. The van der Waals surface area contributed by atoms with E-state index in [1.54, 1.807) is 0 Å². The number of piperazine rings is 3. The Morgan fingerprint density at radius 2 is 0.433 bits per heavy atom. The number of hydrazine groups is 6. The van der Waals surface area contributed by atoms with E-state index in [1.165, 1.54) is 0 Å². The van der Waals surface area contributed by atoms with Gasteiger partial charge in [-0.25, -0.2) is 60.7 Å². The van der Waals surface area contributed by atoms with Gasteiger partial charge in [-0.2, -0.15) is 0 Å². The molecule has 0 aromatic rings. The van der Waals surface area contributed by atoms with Gasteiger partial charge in [-0.1, -0.05) is 30.1 Å². The van der Waals surface area contributed by atoms with Crippen LogP contribution in [0.5, 0.6) is 0 Å². The first kappa shape index (κ1) is 18.6. The van der Waals surface area contributed by atoms with Crippen LogP contribution in [-0.4, -0.2) is 97.2 Å². The fraction of sp³-hybridized carbons (Fsp3) is 1.00. The van der Waals surface area contributed by atoms with Crippen LogP contribution in [0, 0.1) is 60.7 Å². The molecule has 0 spiro atoms. The summed E-state index contributed by atoms with van der Waals surface area (Å²) in [5.74, 6) is 0. The van der Waals surface area contributed by atoms with E-state index >= 15 is 0 Å². The highest BCUT2D eigenvalue weighted by molar-refractivity contribution is 5.09. The van der Waals surface area contributed by atoms with Gasteiger partial charge in [0.25, 0.3) is 37.0 Å². The maximum atomic E-state index is 11.6. The zero-order valence-electron chi connectivity index (χ0n) is 13.7. The van der Waals surface area contributed by atoms with Crippen LogP contribution in [-0.2, 0) is 0 Å². The van der Waals surface area contributed by atoms with E-state index in [-0.39, 0.29) is 30.1 Å². The van der Waals surface area contributed by atoms with Gasteiger partial charge in [0, 0.05) is 0 Å². The molecular formula is C6H6N12O12. The predicted octanol–water partition coefficient (Wildman–Crippen LogP) is -4.04. The molecule has 0 radical (unpaired) electrons. The van der Waals surface area contributed by atoms with Crippen molar-refractivity contribution in [1.29, 1.82) is 0 Å². The first-order valence-corrected chi connectivity index (χ1v) is 7.49. The Morgan fingerprint density at radius 1 is 0.333 bits per heavy atom. The zero-order chi connectivity index (χ0) is 22.4. The van der Waals surface area contributed by atoms with Gasteiger partial charge in [0.15, 0.2) is 30.2 Å². The molecule has 6 bridgehead atoms. The van der Waals surface area contributed by atoms with Crippen LogP contribution in [0.1, 0.15) is 0 Å². The molecule has 5 rings (SSSR count). The summed E-state index contributed by atoms with van der Waals surface area (Å²) in [6, 6.07) is 0. The molecule has 0 N–H and O–H groups in total. The minimum absolute atomic E-state index is 0.195. The van der Waals surface area contributed by atoms with Gasteiger partial charge in [0.2, 0.25) is 0 Å². The molecule has 24 heteroatoms. The number of nitro groups is 6. The molecule has 0 aliphatic carbocycles. The van der Waals surface area contributed by atoms with Crippen molar-refractivity contribution in [1.82, 2.24) is 30.1 Å². The van der Waals surface area contributed by atoms with E-state index in [9.17, 15) is 60.7 Å². The zero-order valence-corrected chi connectivity index (χ0v) is 13.7. The fourth-order valence-corrected chi connectivity index (χ4v) is 4.46. The molecule has 5 aliphatic rings. The van der Waals surface area contributed by atoms with Crippen LogP contribution in [0.3, 0.4) is 0 Å². The third-order valence-electron chi connectivity index (χ3n) is 5.18. The molecule has 162 valence electrons. The Bertz CT molecular complexity index is 700. The molecule has 30 heavy (non-hydrogen) atoms. The van der Waals surface area contributed by atoms with Crippen molar-refractivity contribution >= 4 is 0 Å². The summed E-state index contributed by atoms with van der Waals surface area (Å²) < 4.78 is 0. The van der Waals surface area contributed by atoms with Gasteiger partial charge < -0.3 is 0 Å². The summed E-state index contributed by atoms with van der Waals surface area (Å²) in [5.41, 5.74) is 0. The van der Waals surface area contributed by atoms with Crippen LogP contribution in [0.15, 0.2) is 0 Å². The summed E-state index contributed by atoms with van der Waals surface area (Å²) >= 11 is 0. The number of hydrogen-bond donors (Lipinski definition) is 0. The Labute approximate surface area is 159 Å². The van der Waals surface area contributed by atoms with Crippen LogP contribution >= 0.6 is 0 Å². The van der Waals surface area contributed by atoms with E-state index in [0.29, 0.717) is 0 Å². The lowest BCUT2D eigenvalue weighted by molar-refractivity contribution is -0.904. The summed E-state index contributed by atoms with van der Waals surface area (Å²) in [7, 11) is 0. The van der Waals surface area contributed by atoms with Crippen molar-refractivity contribution in [3.05, 3.63) is 60.7 Å². The van der Waals surface area contributed by atoms with Crippen LogP contribution in [0.4, 0.5) is 0 Å². The molecule has 0 atom stereocenters. The third-order valence-corrected chi connectivity index (χ3v) is 5.18. The second kappa shape index (κ2) is 5.38. The molecule has 0 saturated carbocycles. The monoisotopic (exact) mass is 438 g/mol. The molecule has 0 unspecified atom stereocenters. The largest absolute Gasteiger partial charge is 0.272 e. The average molecular weight is 438 g/mol. The lowest BCUT2D eigenvalue weighted by atomic mass is 9.96. The summed E-state index contributed by atoms with van der Waals surface area (Å²) in [6.07, 6.45) is -14.2. The normalized spacial score (nSPS) is 33.2. The van der Waals surface area contributed by atoms with Gasteiger partial charge in [-0.3, -0.25) is 0 Å². The van der Waals surface area contributed by atoms with Gasteiger partial charge in [0.1, 0.15) is 0 Å². The second-order valence-electron chi connectivity index (χ2n) is 6.19. The highest BCUT2D eigenvalue weighted by Crippen LogP contribution is 2.51. The topological polar surface area (TPSA) is 278 Å². The van der Waals surface area contributed by atoms with Gasteiger partial charge in [-0.05, 0) is 0 Å². The van der Waals surface area contributed by atoms with Crippen molar-refractivity contribution in [2.75, 3.05) is 0 Å². The lowest BCUT2D eigenvalue weighted by Gasteiger charge is -2.63. The smallest absolute Gasteiger partial charge is 0.235 e. The van der Waals surface area contributed by atoms with E-state index in [0.717, 1.165) is 0 Å². The van der Waals surface area contributed by atoms with Crippen LogP contribution < -0.4 is 0 Å². The van der Waals surface area contributed by atoms with Crippen molar-refractivity contribution in [3.63, 3.8) is 0 Å². The van der Waals surface area contributed by atoms with Crippen molar-refractivity contribution in [2.24, 2.45) is 0 Å². The van der Waals surface area contributed by atoms with Gasteiger partial charge in [-0.15, -0.1) is 0 Å². The first-order valence-electron chi connectivity index (χ1n) is 7.49. The van der Waals surface area contributed by atoms with Gasteiger partial charge >= 0.3 is 0 Å². The van der Waals surface area contributed by atoms with E-state index < -0.39 is 67.2 Å². The molecule has 24 nitrogen and oxygen atoms in total. The Kier molecular flexibility index (Phi) is 3.33. The fourth-order valence-electron chi connectivity index (χ4n) is 4.46. The molecule has 5 aliphatic heterocycles. The number of hydrogen-bond acceptors (Lipinski definition) is 12. The Balaban J connectivity index is 2.10. The van der Waals surface area contributed by atoms with E-state index in [1.807, 2.05) is 0 Å². The summed E-state index contributed by atoms with van der Waals surface area (Å²) in [6.45, 7) is 0. The van der Waals surface area contributed by atoms with Crippen molar-refractivity contribution in [3.8, 4) is 0 Å². The quantitative estimate of drug-likeness (QED) is 0.281. The lowest BCUT2D eigenvalue weighted by Crippen LogP contribution is -3.00. The first-order chi connectivity index (χ1) is 13.9. The minimum atomic E-state index is -2.36. The maximum absolute atomic E-state index is 11.6. The summed E-state index contributed by atoms with van der Waals surface area (Å²) in [4.78, 5) is 69.8. The average Bonchev–Trinajstić information content (AvgIpc) is 2.60. The third kappa shape index (κ3) is 1.82. The number of nitrogens with zero attached hydrogens (tertiary/aromatic N) is 12. The summed E-state index contributed by atoms with van der Waals surface area (Å²) in [5, 5.41) is 60.3. The molecule has 0 amide bonds. The Hall–Kier alpha value is -4.80.